The number of fused-ring (bicyclic) bond motifs is 1. The Labute approximate surface area is 240 Å². The van der Waals surface area contributed by atoms with Gasteiger partial charge in [0.05, 0.1) is 19.1 Å². The molecule has 0 spiro atoms. The first-order chi connectivity index (χ1) is 20.1. The van der Waals surface area contributed by atoms with E-state index in [1.807, 2.05) is 23.0 Å². The summed E-state index contributed by atoms with van der Waals surface area (Å²) in [4.78, 5) is 28.0. The number of piperidine rings is 1. The Morgan fingerprint density at radius 2 is 1.88 bits per heavy atom. The molecule has 3 N–H and O–H groups in total. The average Bonchev–Trinajstić information content (AvgIpc) is 3.43. The van der Waals surface area contributed by atoms with E-state index < -0.39 is 5.97 Å². The van der Waals surface area contributed by atoms with Gasteiger partial charge < -0.3 is 30.1 Å². The largest absolute Gasteiger partial charge is 0.494 e. The van der Waals surface area contributed by atoms with Gasteiger partial charge in [-0.1, -0.05) is 19.3 Å². The van der Waals surface area contributed by atoms with Crippen LogP contribution in [-0.4, -0.2) is 63.4 Å². The molecule has 0 amide bonds. The lowest BCUT2D eigenvalue weighted by molar-refractivity contribution is -0.138. The van der Waals surface area contributed by atoms with Gasteiger partial charge in [-0.15, -0.1) is 0 Å². The first-order valence-electron chi connectivity index (χ1n) is 15.1. The van der Waals surface area contributed by atoms with Crippen LogP contribution in [0.25, 0.3) is 11.2 Å². The van der Waals surface area contributed by atoms with Crippen LogP contribution in [0.15, 0.2) is 24.5 Å². The first-order valence-corrected chi connectivity index (χ1v) is 15.1. The van der Waals surface area contributed by atoms with Gasteiger partial charge in [0, 0.05) is 43.9 Å². The van der Waals surface area contributed by atoms with Crippen molar-refractivity contribution in [1.29, 1.82) is 0 Å². The van der Waals surface area contributed by atoms with Crippen molar-refractivity contribution < 1.29 is 19.4 Å². The first kappa shape index (κ1) is 27.6. The molecule has 1 saturated carbocycles. The second-order valence-corrected chi connectivity index (χ2v) is 11.6. The lowest BCUT2D eigenvalue weighted by atomic mass is 9.93. The van der Waals surface area contributed by atoms with Gasteiger partial charge in [0.2, 0.25) is 5.95 Å². The number of aliphatic carboxylic acids is 1. The van der Waals surface area contributed by atoms with Crippen LogP contribution >= 0.6 is 0 Å². The Hall–Kier alpha value is -3.60. The third-order valence-electron chi connectivity index (χ3n) is 8.71. The maximum Gasteiger partial charge on any atom is 0.303 e. The number of rotatable bonds is 9. The molecule has 220 valence electrons. The minimum absolute atomic E-state index is 0.0764. The fourth-order valence-corrected chi connectivity index (χ4v) is 6.41. The molecule has 2 saturated heterocycles. The smallest absolute Gasteiger partial charge is 0.303 e. The number of carbonyl (C=O) groups is 1. The maximum absolute atomic E-state index is 11.1. The topological polar surface area (TPSA) is 127 Å². The highest BCUT2D eigenvalue weighted by molar-refractivity contribution is 5.85. The van der Waals surface area contributed by atoms with Gasteiger partial charge in [0.15, 0.2) is 17.0 Å². The Balaban J connectivity index is 1.26. The molecule has 1 aromatic carbocycles. The van der Waals surface area contributed by atoms with E-state index in [9.17, 15) is 4.79 Å². The van der Waals surface area contributed by atoms with Gasteiger partial charge in [0.25, 0.3) is 0 Å². The summed E-state index contributed by atoms with van der Waals surface area (Å²) in [5, 5.41) is 16.2. The molecular weight excluding hydrogens is 522 g/mol. The Bertz CT molecular complexity index is 1340. The summed E-state index contributed by atoms with van der Waals surface area (Å²) in [6, 6.07) is 6.47. The van der Waals surface area contributed by atoms with E-state index >= 15 is 0 Å². The van der Waals surface area contributed by atoms with Gasteiger partial charge in [-0.05, 0) is 63.0 Å². The molecule has 4 heterocycles. The molecule has 1 unspecified atom stereocenters. The molecule has 3 aliphatic rings. The Morgan fingerprint density at radius 3 is 2.61 bits per heavy atom. The van der Waals surface area contributed by atoms with Crippen molar-refractivity contribution in [2.75, 3.05) is 42.3 Å². The van der Waals surface area contributed by atoms with Crippen LogP contribution in [0.3, 0.4) is 0 Å². The van der Waals surface area contributed by atoms with Crippen LogP contribution in [0, 0.1) is 5.92 Å². The molecule has 3 aromatic rings. The minimum atomic E-state index is -0.715. The van der Waals surface area contributed by atoms with Crippen molar-refractivity contribution in [3.8, 4) is 5.75 Å². The van der Waals surface area contributed by atoms with E-state index in [0.29, 0.717) is 17.7 Å². The summed E-state index contributed by atoms with van der Waals surface area (Å²) in [7, 11) is 1.67. The lowest BCUT2D eigenvalue weighted by Gasteiger charge is -2.33. The quantitative estimate of drug-likeness (QED) is 0.298. The standard InChI is InChI=1S/C30H41N7O4/c1-40-24-18-22(36-14-12-20(13-15-36)17-26(38)39)10-11-23(24)33-30-34-28(32-21-7-3-2-4-8-21)27-29(35-30)37(19-31-27)25-9-5-6-16-41-25/h10-11,18-21,25H,2-9,12-17H2,1H3,(H,38,39)(H2,32,33,34,35). The molecule has 1 aliphatic carbocycles. The average molecular weight is 564 g/mol. The number of nitrogens with one attached hydrogen (secondary N) is 2. The van der Waals surface area contributed by atoms with Gasteiger partial charge in [-0.2, -0.15) is 9.97 Å². The van der Waals surface area contributed by atoms with Crippen molar-refractivity contribution in [2.45, 2.75) is 82.9 Å². The normalized spacial score (nSPS) is 20.7. The highest BCUT2D eigenvalue weighted by Crippen LogP contribution is 2.35. The zero-order chi connectivity index (χ0) is 28.2. The number of anilines is 4. The van der Waals surface area contributed by atoms with Crippen LogP contribution in [0.4, 0.5) is 23.1 Å². The van der Waals surface area contributed by atoms with Crippen LogP contribution in [0.5, 0.6) is 5.75 Å². The summed E-state index contributed by atoms with van der Waals surface area (Å²) >= 11 is 0. The van der Waals surface area contributed by atoms with Gasteiger partial charge in [-0.3, -0.25) is 9.36 Å². The van der Waals surface area contributed by atoms with E-state index in [2.05, 4.69) is 21.6 Å². The number of nitrogens with zero attached hydrogens (tertiary/aromatic N) is 5. The predicted octanol–water partition coefficient (Wildman–Crippen LogP) is 5.71. The zero-order valence-electron chi connectivity index (χ0n) is 23.8. The van der Waals surface area contributed by atoms with Crippen molar-refractivity contribution in [3.63, 3.8) is 0 Å². The van der Waals surface area contributed by atoms with Crippen molar-refractivity contribution >= 4 is 40.3 Å². The van der Waals surface area contributed by atoms with Crippen molar-refractivity contribution in [2.24, 2.45) is 5.92 Å². The number of hydrogen-bond donors (Lipinski definition) is 3. The predicted molar refractivity (Wildman–Crippen MR) is 158 cm³/mol. The molecule has 11 heteroatoms. The van der Waals surface area contributed by atoms with Crippen LogP contribution in [0.1, 0.15) is 76.9 Å². The zero-order valence-corrected chi connectivity index (χ0v) is 23.8. The summed E-state index contributed by atoms with van der Waals surface area (Å²) < 4.78 is 13.9. The molecule has 0 bridgehead atoms. The number of hydrogen-bond acceptors (Lipinski definition) is 9. The van der Waals surface area contributed by atoms with Crippen molar-refractivity contribution in [1.82, 2.24) is 19.5 Å². The number of carboxylic acid groups (broad SMARTS) is 1. The van der Waals surface area contributed by atoms with E-state index in [4.69, 9.17) is 29.5 Å². The number of imidazole rings is 1. The molecular formula is C30H41N7O4. The Morgan fingerprint density at radius 1 is 1.07 bits per heavy atom. The van der Waals surface area contributed by atoms with E-state index in [1.165, 1.54) is 19.3 Å². The molecule has 2 aromatic heterocycles. The monoisotopic (exact) mass is 563 g/mol. The van der Waals surface area contributed by atoms with Gasteiger partial charge in [-0.25, -0.2) is 4.98 Å². The summed E-state index contributed by atoms with van der Waals surface area (Å²) in [6.45, 7) is 2.41. The van der Waals surface area contributed by atoms with Gasteiger partial charge in [0.1, 0.15) is 12.0 Å². The SMILES string of the molecule is COc1cc(N2CCC(CC(=O)O)CC2)ccc1Nc1nc(NC2CCCCC2)c2ncn(C3CCCCO3)c2n1. The number of methoxy groups -OCH3 is 1. The molecule has 41 heavy (non-hydrogen) atoms. The third-order valence-corrected chi connectivity index (χ3v) is 8.71. The van der Waals surface area contributed by atoms with E-state index in [-0.39, 0.29) is 18.6 Å². The molecule has 0 radical (unpaired) electrons. The van der Waals surface area contributed by atoms with E-state index in [0.717, 1.165) is 93.0 Å². The molecule has 2 aliphatic heterocycles. The number of benzene rings is 1. The van der Waals surface area contributed by atoms with E-state index in [1.54, 1.807) is 7.11 Å². The fraction of sp³-hybridized carbons (Fsp3) is 0.600. The summed E-state index contributed by atoms with van der Waals surface area (Å²) in [5.41, 5.74) is 3.36. The molecule has 6 rings (SSSR count). The fourth-order valence-electron chi connectivity index (χ4n) is 6.41. The molecule has 1 atom stereocenters. The summed E-state index contributed by atoms with van der Waals surface area (Å²) in [6.07, 6.45) is 12.9. The highest BCUT2D eigenvalue weighted by Gasteiger charge is 2.25. The second kappa shape index (κ2) is 12.5. The maximum atomic E-state index is 11.1. The van der Waals surface area contributed by atoms with Gasteiger partial charge >= 0.3 is 5.97 Å². The number of ether oxygens (including phenoxy) is 2. The van der Waals surface area contributed by atoms with Crippen LogP contribution in [-0.2, 0) is 9.53 Å². The minimum Gasteiger partial charge on any atom is -0.494 e. The summed E-state index contributed by atoms with van der Waals surface area (Å²) in [5.74, 6) is 1.45. The number of carboxylic acids is 1. The highest BCUT2D eigenvalue weighted by atomic mass is 16.5. The second-order valence-electron chi connectivity index (χ2n) is 11.6. The third kappa shape index (κ3) is 6.34. The van der Waals surface area contributed by atoms with Crippen LogP contribution in [0.2, 0.25) is 0 Å². The van der Waals surface area contributed by atoms with Crippen LogP contribution < -0.4 is 20.3 Å². The molecule has 3 fully saturated rings. The molecule has 11 nitrogen and oxygen atoms in total. The number of aromatic nitrogens is 4. The van der Waals surface area contributed by atoms with Crippen molar-refractivity contribution in [3.05, 3.63) is 24.5 Å². The lowest BCUT2D eigenvalue weighted by Crippen LogP contribution is -2.34. The Kier molecular flexibility index (Phi) is 8.41.